The SMILES string of the molecule is CC(CN)CC(=O)N[C@H](C)c1ccc(Cl)cc1. The number of hydrogen-bond donors (Lipinski definition) is 2. The normalized spacial score (nSPS) is 14.1. The topological polar surface area (TPSA) is 55.1 Å². The Balaban J connectivity index is 2.51. The second kappa shape index (κ2) is 6.62. The number of rotatable bonds is 5. The monoisotopic (exact) mass is 254 g/mol. The molecule has 0 bridgehead atoms. The number of amides is 1. The van der Waals surface area contributed by atoms with Crippen LogP contribution in [0.4, 0.5) is 0 Å². The quantitative estimate of drug-likeness (QED) is 0.848. The molecule has 0 aliphatic carbocycles. The van der Waals surface area contributed by atoms with Gasteiger partial charge < -0.3 is 11.1 Å². The molecule has 0 heterocycles. The van der Waals surface area contributed by atoms with Gasteiger partial charge in [0.15, 0.2) is 0 Å². The molecule has 0 saturated heterocycles. The van der Waals surface area contributed by atoms with Gasteiger partial charge in [-0.1, -0.05) is 30.7 Å². The summed E-state index contributed by atoms with van der Waals surface area (Å²) in [5, 5.41) is 3.64. The first-order chi connectivity index (χ1) is 8.02. The molecule has 1 aromatic carbocycles. The maximum Gasteiger partial charge on any atom is 0.220 e. The Morgan fingerprint density at radius 2 is 1.94 bits per heavy atom. The molecular weight excluding hydrogens is 236 g/mol. The van der Waals surface area contributed by atoms with E-state index in [1.807, 2.05) is 38.1 Å². The average molecular weight is 255 g/mol. The Kier molecular flexibility index (Phi) is 5.45. The van der Waals surface area contributed by atoms with Gasteiger partial charge in [-0.25, -0.2) is 0 Å². The van der Waals surface area contributed by atoms with Crippen molar-refractivity contribution >= 4 is 17.5 Å². The van der Waals surface area contributed by atoms with Crippen LogP contribution in [0.1, 0.15) is 31.9 Å². The molecule has 1 amide bonds. The van der Waals surface area contributed by atoms with Gasteiger partial charge in [-0.05, 0) is 37.1 Å². The molecule has 0 spiro atoms. The Morgan fingerprint density at radius 3 is 2.47 bits per heavy atom. The second-order valence-corrected chi connectivity index (χ2v) is 4.82. The van der Waals surface area contributed by atoms with Crippen molar-refractivity contribution in [3.8, 4) is 0 Å². The van der Waals surface area contributed by atoms with Crippen LogP contribution in [0.15, 0.2) is 24.3 Å². The third-order valence-electron chi connectivity index (χ3n) is 2.68. The van der Waals surface area contributed by atoms with Crippen LogP contribution in [0.2, 0.25) is 5.02 Å². The fraction of sp³-hybridized carbons (Fsp3) is 0.462. The predicted molar refractivity (Wildman–Crippen MR) is 70.8 cm³/mol. The van der Waals surface area contributed by atoms with E-state index >= 15 is 0 Å². The van der Waals surface area contributed by atoms with E-state index in [1.54, 1.807) is 0 Å². The van der Waals surface area contributed by atoms with E-state index in [4.69, 9.17) is 17.3 Å². The summed E-state index contributed by atoms with van der Waals surface area (Å²) in [6, 6.07) is 7.47. The van der Waals surface area contributed by atoms with Crippen molar-refractivity contribution in [2.24, 2.45) is 11.7 Å². The molecule has 1 unspecified atom stereocenters. The minimum absolute atomic E-state index is 0.00950. The van der Waals surface area contributed by atoms with Gasteiger partial charge >= 0.3 is 0 Å². The van der Waals surface area contributed by atoms with E-state index in [2.05, 4.69) is 5.32 Å². The molecule has 2 atom stereocenters. The van der Waals surface area contributed by atoms with Gasteiger partial charge in [0.2, 0.25) is 5.91 Å². The van der Waals surface area contributed by atoms with Crippen LogP contribution < -0.4 is 11.1 Å². The molecule has 17 heavy (non-hydrogen) atoms. The minimum Gasteiger partial charge on any atom is -0.350 e. The van der Waals surface area contributed by atoms with Crippen LogP contribution in [0, 0.1) is 5.92 Å². The molecule has 4 heteroatoms. The van der Waals surface area contributed by atoms with Gasteiger partial charge in [-0.2, -0.15) is 0 Å². The van der Waals surface area contributed by atoms with Crippen LogP contribution in [0.3, 0.4) is 0 Å². The molecule has 1 rings (SSSR count). The molecule has 0 aliphatic heterocycles. The number of benzene rings is 1. The van der Waals surface area contributed by atoms with Gasteiger partial charge in [0.1, 0.15) is 0 Å². The van der Waals surface area contributed by atoms with Crippen LogP contribution in [0.5, 0.6) is 0 Å². The zero-order chi connectivity index (χ0) is 12.8. The third-order valence-corrected chi connectivity index (χ3v) is 2.94. The predicted octanol–water partition coefficient (Wildman–Crippen LogP) is 2.50. The van der Waals surface area contributed by atoms with Gasteiger partial charge in [0.25, 0.3) is 0 Å². The zero-order valence-electron chi connectivity index (χ0n) is 10.2. The van der Waals surface area contributed by atoms with E-state index in [-0.39, 0.29) is 17.9 Å². The van der Waals surface area contributed by atoms with Crippen LogP contribution >= 0.6 is 11.6 Å². The molecular formula is C13H19ClN2O. The van der Waals surface area contributed by atoms with Crippen molar-refractivity contribution < 1.29 is 4.79 Å². The summed E-state index contributed by atoms with van der Waals surface area (Å²) in [4.78, 5) is 11.7. The highest BCUT2D eigenvalue weighted by Crippen LogP contribution is 2.16. The molecule has 3 N–H and O–H groups in total. The summed E-state index contributed by atoms with van der Waals surface area (Å²) in [5.41, 5.74) is 6.53. The Labute approximate surface area is 107 Å². The van der Waals surface area contributed by atoms with Crippen LogP contribution in [-0.2, 0) is 4.79 Å². The summed E-state index contributed by atoms with van der Waals surface area (Å²) in [7, 11) is 0. The standard InChI is InChI=1S/C13H19ClN2O/c1-9(8-15)7-13(17)16-10(2)11-3-5-12(14)6-4-11/h3-6,9-10H,7-8,15H2,1-2H3,(H,16,17)/t9?,10-/m1/s1. The lowest BCUT2D eigenvalue weighted by Crippen LogP contribution is -2.29. The molecule has 0 aromatic heterocycles. The van der Waals surface area contributed by atoms with Crippen molar-refractivity contribution in [1.82, 2.24) is 5.32 Å². The second-order valence-electron chi connectivity index (χ2n) is 4.39. The highest BCUT2D eigenvalue weighted by atomic mass is 35.5. The van der Waals surface area contributed by atoms with Crippen molar-refractivity contribution in [2.45, 2.75) is 26.3 Å². The lowest BCUT2D eigenvalue weighted by atomic mass is 10.1. The molecule has 0 saturated carbocycles. The maximum atomic E-state index is 11.7. The van der Waals surface area contributed by atoms with Crippen molar-refractivity contribution in [1.29, 1.82) is 0 Å². The molecule has 3 nitrogen and oxygen atoms in total. The summed E-state index contributed by atoms with van der Waals surface area (Å²) in [6.45, 7) is 4.45. The van der Waals surface area contributed by atoms with Gasteiger partial charge in [-0.15, -0.1) is 0 Å². The average Bonchev–Trinajstić information content (AvgIpc) is 2.29. The van der Waals surface area contributed by atoms with Gasteiger partial charge in [0.05, 0.1) is 6.04 Å². The Bertz CT molecular complexity index is 364. The largest absolute Gasteiger partial charge is 0.350 e. The van der Waals surface area contributed by atoms with Crippen LogP contribution in [-0.4, -0.2) is 12.5 Å². The highest BCUT2D eigenvalue weighted by Gasteiger charge is 2.11. The smallest absolute Gasteiger partial charge is 0.220 e. The van der Waals surface area contributed by atoms with E-state index in [0.717, 1.165) is 5.56 Å². The fourth-order valence-corrected chi connectivity index (χ4v) is 1.66. The first-order valence-corrected chi connectivity index (χ1v) is 6.15. The highest BCUT2D eigenvalue weighted by molar-refractivity contribution is 6.30. The molecule has 94 valence electrons. The fourth-order valence-electron chi connectivity index (χ4n) is 1.54. The molecule has 0 fully saturated rings. The number of nitrogens with one attached hydrogen (secondary N) is 1. The van der Waals surface area contributed by atoms with Crippen molar-refractivity contribution in [2.75, 3.05) is 6.54 Å². The number of hydrogen-bond acceptors (Lipinski definition) is 2. The van der Waals surface area contributed by atoms with E-state index in [1.165, 1.54) is 0 Å². The van der Waals surface area contributed by atoms with E-state index in [9.17, 15) is 4.79 Å². The Hall–Kier alpha value is -1.06. The number of carbonyl (C=O) groups is 1. The van der Waals surface area contributed by atoms with Crippen molar-refractivity contribution in [3.63, 3.8) is 0 Å². The molecule has 0 radical (unpaired) electrons. The lowest BCUT2D eigenvalue weighted by Gasteiger charge is -2.16. The van der Waals surface area contributed by atoms with E-state index < -0.39 is 0 Å². The van der Waals surface area contributed by atoms with Gasteiger partial charge in [0, 0.05) is 11.4 Å². The van der Waals surface area contributed by atoms with Gasteiger partial charge in [-0.3, -0.25) is 4.79 Å². The van der Waals surface area contributed by atoms with E-state index in [0.29, 0.717) is 18.0 Å². The number of halogens is 1. The van der Waals surface area contributed by atoms with Crippen molar-refractivity contribution in [3.05, 3.63) is 34.9 Å². The zero-order valence-corrected chi connectivity index (χ0v) is 11.0. The summed E-state index contributed by atoms with van der Waals surface area (Å²) in [5.74, 6) is 0.248. The number of nitrogens with two attached hydrogens (primary N) is 1. The third kappa shape index (κ3) is 4.75. The minimum atomic E-state index is -0.00950. The summed E-state index contributed by atoms with van der Waals surface area (Å²) in [6.07, 6.45) is 0.467. The number of carbonyl (C=O) groups excluding carboxylic acids is 1. The summed E-state index contributed by atoms with van der Waals surface area (Å²) >= 11 is 5.81. The van der Waals surface area contributed by atoms with Crippen LogP contribution in [0.25, 0.3) is 0 Å². The Morgan fingerprint density at radius 1 is 1.35 bits per heavy atom. The first kappa shape index (κ1) is 14.0. The maximum absolute atomic E-state index is 11.7. The molecule has 0 aliphatic rings. The summed E-state index contributed by atoms with van der Waals surface area (Å²) < 4.78 is 0. The lowest BCUT2D eigenvalue weighted by molar-refractivity contribution is -0.122. The first-order valence-electron chi connectivity index (χ1n) is 5.77. The molecule has 1 aromatic rings.